The molecule has 180 valence electrons. The lowest BCUT2D eigenvalue weighted by molar-refractivity contribution is 0.0609. The maximum Gasteiger partial charge on any atom is 0.289 e. The number of amides is 2. The van der Waals surface area contributed by atoms with E-state index in [1.165, 1.54) is 12.5 Å². The Morgan fingerprint density at radius 3 is 1.42 bits per heavy atom. The third kappa shape index (κ3) is 6.24. The molecule has 4 rings (SSSR count). The summed E-state index contributed by atoms with van der Waals surface area (Å²) in [5, 5.41) is 0. The lowest BCUT2D eigenvalue weighted by atomic mass is 10.3. The molecule has 10 nitrogen and oxygen atoms in total. The fraction of sp³-hybridized carbons (Fsp3) is 0.545. The van der Waals surface area contributed by atoms with Crippen LogP contribution in [0.1, 0.15) is 21.1 Å². The van der Waals surface area contributed by atoms with Crippen molar-refractivity contribution in [3.8, 4) is 0 Å². The predicted molar refractivity (Wildman–Crippen MR) is 121 cm³/mol. The minimum absolute atomic E-state index is 0.107. The highest BCUT2D eigenvalue weighted by Gasteiger charge is 2.26. The summed E-state index contributed by atoms with van der Waals surface area (Å²) in [6.45, 7) is 5.75. The van der Waals surface area contributed by atoms with Gasteiger partial charge in [0, 0.05) is 65.4 Å². The van der Waals surface area contributed by atoms with Gasteiger partial charge in [-0.1, -0.05) is 0 Å². The summed E-state index contributed by atoms with van der Waals surface area (Å²) in [5.74, 6) is 0.623. The van der Waals surface area contributed by atoms with E-state index in [-0.39, 0.29) is 23.3 Å². The lowest BCUT2D eigenvalue weighted by Crippen LogP contribution is -2.50. The van der Waals surface area contributed by atoms with Crippen LogP contribution in [0.25, 0.3) is 0 Å². The molecule has 0 radical (unpaired) electrons. The summed E-state index contributed by atoms with van der Waals surface area (Å²) in [4.78, 5) is 32.3. The standard InChI is InChI=1S/C22H30N4O6S/c27-21(19-3-1-15-31-19)25-9-5-23(6-10-25)13-17-33(29,30)18-14-24-7-11-26(12-8-24)22(28)20-4-2-16-32-20/h1-4,15-16H,5-14,17-18H2. The molecule has 2 amide bonds. The average Bonchev–Trinajstić information content (AvgIpc) is 3.56. The molecule has 33 heavy (non-hydrogen) atoms. The van der Waals surface area contributed by atoms with Gasteiger partial charge in [0.05, 0.1) is 24.0 Å². The van der Waals surface area contributed by atoms with Crippen LogP contribution in [0, 0.1) is 0 Å². The van der Waals surface area contributed by atoms with Crippen molar-refractivity contribution in [3.05, 3.63) is 48.3 Å². The molecule has 2 saturated heterocycles. The fourth-order valence-corrected chi connectivity index (χ4v) is 5.38. The van der Waals surface area contributed by atoms with Crippen LogP contribution in [0.5, 0.6) is 0 Å². The van der Waals surface area contributed by atoms with Gasteiger partial charge in [0.15, 0.2) is 21.4 Å². The van der Waals surface area contributed by atoms with E-state index in [2.05, 4.69) is 9.80 Å². The van der Waals surface area contributed by atoms with E-state index < -0.39 is 9.84 Å². The molecule has 2 aliphatic heterocycles. The first-order chi connectivity index (χ1) is 15.9. The second kappa shape index (κ2) is 10.5. The third-order valence-electron chi connectivity index (χ3n) is 6.22. The molecule has 0 aromatic carbocycles. The lowest BCUT2D eigenvalue weighted by Gasteiger charge is -2.35. The number of sulfone groups is 1. The van der Waals surface area contributed by atoms with E-state index in [4.69, 9.17) is 8.83 Å². The van der Waals surface area contributed by atoms with Gasteiger partial charge in [0.1, 0.15) is 0 Å². The van der Waals surface area contributed by atoms with E-state index in [0.717, 1.165) is 0 Å². The SMILES string of the molecule is O=C(c1ccco1)N1CCN(CCS(=O)(=O)CCN2CCN(C(=O)c3ccco3)CC2)CC1. The monoisotopic (exact) mass is 478 g/mol. The Bertz CT molecular complexity index is 929. The quantitative estimate of drug-likeness (QED) is 0.540. The Labute approximate surface area is 193 Å². The second-order valence-corrected chi connectivity index (χ2v) is 10.7. The zero-order valence-corrected chi connectivity index (χ0v) is 19.4. The van der Waals surface area contributed by atoms with Crippen LogP contribution in [0.4, 0.5) is 0 Å². The Morgan fingerprint density at radius 1 is 0.697 bits per heavy atom. The van der Waals surface area contributed by atoms with Gasteiger partial charge in [-0.2, -0.15) is 0 Å². The number of furan rings is 2. The van der Waals surface area contributed by atoms with Crippen molar-refractivity contribution in [2.45, 2.75) is 0 Å². The van der Waals surface area contributed by atoms with Crippen LogP contribution >= 0.6 is 0 Å². The molecule has 2 aromatic rings. The van der Waals surface area contributed by atoms with E-state index in [1.54, 1.807) is 34.1 Å². The van der Waals surface area contributed by atoms with Crippen LogP contribution < -0.4 is 0 Å². The Hall–Kier alpha value is -2.63. The highest BCUT2D eigenvalue weighted by molar-refractivity contribution is 7.91. The Balaban J connectivity index is 1.13. The number of carbonyl (C=O) groups excluding carboxylic acids is 2. The predicted octanol–water partition coefficient (Wildman–Crippen LogP) is 0.503. The number of nitrogens with zero attached hydrogens (tertiary/aromatic N) is 4. The van der Waals surface area contributed by atoms with Crippen molar-refractivity contribution in [1.29, 1.82) is 0 Å². The van der Waals surface area contributed by atoms with Gasteiger partial charge in [-0.05, 0) is 24.3 Å². The largest absolute Gasteiger partial charge is 0.459 e. The van der Waals surface area contributed by atoms with Gasteiger partial charge in [-0.25, -0.2) is 8.42 Å². The van der Waals surface area contributed by atoms with Crippen molar-refractivity contribution >= 4 is 21.7 Å². The first kappa shape index (κ1) is 23.5. The van der Waals surface area contributed by atoms with Gasteiger partial charge in [0.25, 0.3) is 11.8 Å². The van der Waals surface area contributed by atoms with E-state index >= 15 is 0 Å². The van der Waals surface area contributed by atoms with Crippen molar-refractivity contribution in [1.82, 2.24) is 19.6 Å². The molecule has 0 aliphatic carbocycles. The van der Waals surface area contributed by atoms with Gasteiger partial charge in [-0.15, -0.1) is 0 Å². The molecule has 0 saturated carbocycles. The molecular weight excluding hydrogens is 448 g/mol. The van der Waals surface area contributed by atoms with Crippen LogP contribution in [0.15, 0.2) is 45.6 Å². The third-order valence-corrected chi connectivity index (χ3v) is 7.83. The second-order valence-electron chi connectivity index (χ2n) is 8.37. The molecule has 2 aliphatic rings. The first-order valence-electron chi connectivity index (χ1n) is 11.2. The summed E-state index contributed by atoms with van der Waals surface area (Å²) in [6, 6.07) is 6.68. The number of hydrogen-bond acceptors (Lipinski definition) is 8. The van der Waals surface area contributed by atoms with E-state index in [0.29, 0.717) is 77.0 Å². The molecule has 11 heteroatoms. The van der Waals surface area contributed by atoms with Crippen molar-refractivity contribution in [2.75, 3.05) is 77.0 Å². The summed E-state index contributed by atoms with van der Waals surface area (Å²) in [5.41, 5.74) is 0. The van der Waals surface area contributed by atoms with E-state index in [9.17, 15) is 18.0 Å². The molecule has 0 spiro atoms. The number of hydrogen-bond donors (Lipinski definition) is 0. The molecule has 2 fully saturated rings. The normalized spacial score (nSPS) is 18.5. The highest BCUT2D eigenvalue weighted by Crippen LogP contribution is 2.11. The van der Waals surface area contributed by atoms with Crippen LogP contribution in [-0.4, -0.2) is 117 Å². The summed E-state index contributed by atoms with van der Waals surface area (Å²) < 4.78 is 35.5. The van der Waals surface area contributed by atoms with E-state index in [1.807, 2.05) is 0 Å². The zero-order valence-electron chi connectivity index (χ0n) is 18.6. The summed E-state index contributed by atoms with van der Waals surface area (Å²) in [7, 11) is -3.19. The maximum absolute atomic E-state index is 12.6. The minimum atomic E-state index is -3.19. The molecule has 0 N–H and O–H groups in total. The van der Waals surface area contributed by atoms with Crippen molar-refractivity contribution in [2.24, 2.45) is 0 Å². The van der Waals surface area contributed by atoms with Gasteiger partial charge >= 0.3 is 0 Å². The van der Waals surface area contributed by atoms with Crippen molar-refractivity contribution < 1.29 is 26.8 Å². The van der Waals surface area contributed by atoms with Gasteiger partial charge in [-0.3, -0.25) is 19.4 Å². The molecule has 4 heterocycles. The van der Waals surface area contributed by atoms with Crippen LogP contribution in [-0.2, 0) is 9.84 Å². The van der Waals surface area contributed by atoms with Gasteiger partial charge < -0.3 is 18.6 Å². The topological polar surface area (TPSA) is 108 Å². The van der Waals surface area contributed by atoms with Gasteiger partial charge in [0.2, 0.25) is 0 Å². The Kier molecular flexibility index (Phi) is 7.51. The molecule has 2 aromatic heterocycles. The minimum Gasteiger partial charge on any atom is -0.459 e. The van der Waals surface area contributed by atoms with Crippen molar-refractivity contribution in [3.63, 3.8) is 0 Å². The number of rotatable bonds is 8. The molecular formula is C22H30N4O6S. The fourth-order valence-electron chi connectivity index (χ4n) is 4.10. The number of carbonyl (C=O) groups is 2. The van der Waals surface area contributed by atoms with Crippen LogP contribution in [0.3, 0.4) is 0 Å². The summed E-state index contributed by atoms with van der Waals surface area (Å²) in [6.07, 6.45) is 2.96. The smallest absolute Gasteiger partial charge is 0.289 e. The first-order valence-corrected chi connectivity index (χ1v) is 13.0. The molecule has 0 atom stereocenters. The Morgan fingerprint density at radius 2 is 1.09 bits per heavy atom. The molecule has 0 unspecified atom stereocenters. The maximum atomic E-state index is 12.6. The summed E-state index contributed by atoms with van der Waals surface area (Å²) >= 11 is 0. The number of piperazine rings is 2. The zero-order chi connectivity index (χ0) is 23.3. The van der Waals surface area contributed by atoms with Crippen LogP contribution in [0.2, 0.25) is 0 Å². The molecule has 0 bridgehead atoms. The average molecular weight is 479 g/mol. The highest BCUT2D eigenvalue weighted by atomic mass is 32.2.